The molecule has 5 heteroatoms. The molecule has 102 valence electrons. The van der Waals surface area contributed by atoms with E-state index in [4.69, 9.17) is 4.74 Å². The summed E-state index contributed by atoms with van der Waals surface area (Å²) in [5.74, 6) is 1.57. The summed E-state index contributed by atoms with van der Waals surface area (Å²) in [5.41, 5.74) is 3.68. The zero-order chi connectivity index (χ0) is 13.8. The van der Waals surface area contributed by atoms with Gasteiger partial charge < -0.3 is 10.1 Å². The molecule has 2 aromatic carbocycles. The van der Waals surface area contributed by atoms with Gasteiger partial charge in [-0.05, 0) is 36.4 Å². The van der Waals surface area contributed by atoms with Crippen LogP contribution in [0.4, 0.5) is 10.5 Å². The van der Waals surface area contributed by atoms with E-state index in [0.717, 1.165) is 23.7 Å². The molecular weight excluding hydrogens is 254 g/mol. The molecule has 0 bridgehead atoms. The Morgan fingerprint density at radius 2 is 1.65 bits per heavy atom. The predicted octanol–water partition coefficient (Wildman–Crippen LogP) is 2.51. The number of amides is 2. The van der Waals surface area contributed by atoms with Gasteiger partial charge in [0, 0.05) is 6.54 Å². The van der Waals surface area contributed by atoms with Crippen molar-refractivity contribution in [2.45, 2.75) is 0 Å². The van der Waals surface area contributed by atoms with E-state index in [2.05, 4.69) is 10.7 Å². The van der Waals surface area contributed by atoms with Crippen LogP contribution < -0.4 is 20.5 Å². The minimum absolute atomic E-state index is 0.180. The topological polar surface area (TPSA) is 53.6 Å². The normalized spacial score (nSPS) is 14.4. The van der Waals surface area contributed by atoms with Gasteiger partial charge in [-0.3, -0.25) is 5.01 Å². The molecule has 1 saturated heterocycles. The second-order valence-electron chi connectivity index (χ2n) is 4.43. The van der Waals surface area contributed by atoms with Gasteiger partial charge in [-0.25, -0.2) is 10.2 Å². The van der Waals surface area contributed by atoms with E-state index in [0.29, 0.717) is 6.54 Å². The fourth-order valence-electron chi connectivity index (χ4n) is 2.01. The van der Waals surface area contributed by atoms with Gasteiger partial charge in [0.2, 0.25) is 0 Å². The number of rotatable bonds is 3. The highest BCUT2D eigenvalue weighted by Crippen LogP contribution is 2.23. The standard InChI is InChI=1S/C15H15N3O2/c19-15-16-10-11-18(17-15)12-6-8-14(9-7-12)20-13-4-2-1-3-5-13/h1-9H,10-11H2,(H2,16,17,19). The molecule has 0 spiro atoms. The van der Waals surface area contributed by atoms with Crippen LogP contribution in [-0.2, 0) is 0 Å². The van der Waals surface area contributed by atoms with Gasteiger partial charge in [0.15, 0.2) is 0 Å². The molecule has 2 N–H and O–H groups in total. The van der Waals surface area contributed by atoms with Crippen molar-refractivity contribution in [3.05, 3.63) is 54.6 Å². The maximum atomic E-state index is 11.3. The first kappa shape index (κ1) is 12.3. The average Bonchev–Trinajstić information content (AvgIpc) is 2.49. The molecule has 0 atom stereocenters. The van der Waals surface area contributed by atoms with Crippen LogP contribution in [0.15, 0.2) is 54.6 Å². The van der Waals surface area contributed by atoms with Gasteiger partial charge >= 0.3 is 6.03 Å². The summed E-state index contributed by atoms with van der Waals surface area (Å²) in [7, 11) is 0. The Bertz CT molecular complexity index is 584. The second-order valence-corrected chi connectivity index (χ2v) is 4.43. The Labute approximate surface area is 117 Å². The minimum Gasteiger partial charge on any atom is -0.457 e. The summed E-state index contributed by atoms with van der Waals surface area (Å²) >= 11 is 0. The van der Waals surface area contributed by atoms with Crippen molar-refractivity contribution in [3.8, 4) is 11.5 Å². The lowest BCUT2D eigenvalue weighted by Gasteiger charge is -2.29. The average molecular weight is 269 g/mol. The first-order valence-electron chi connectivity index (χ1n) is 6.46. The summed E-state index contributed by atoms with van der Waals surface area (Å²) in [4.78, 5) is 11.3. The number of nitrogens with one attached hydrogen (secondary N) is 2. The molecule has 0 aromatic heterocycles. The van der Waals surface area contributed by atoms with Crippen molar-refractivity contribution in [1.29, 1.82) is 0 Å². The van der Waals surface area contributed by atoms with Crippen LogP contribution in [-0.4, -0.2) is 19.1 Å². The van der Waals surface area contributed by atoms with Gasteiger partial charge in [0.25, 0.3) is 0 Å². The maximum Gasteiger partial charge on any atom is 0.333 e. The predicted molar refractivity (Wildman–Crippen MR) is 76.8 cm³/mol. The van der Waals surface area contributed by atoms with E-state index in [1.54, 1.807) is 0 Å². The van der Waals surface area contributed by atoms with Crippen LogP contribution in [0.25, 0.3) is 0 Å². The monoisotopic (exact) mass is 269 g/mol. The van der Waals surface area contributed by atoms with Crippen LogP contribution in [0.2, 0.25) is 0 Å². The molecule has 1 heterocycles. The molecule has 0 saturated carbocycles. The number of benzene rings is 2. The zero-order valence-electron chi connectivity index (χ0n) is 10.9. The molecule has 3 rings (SSSR count). The van der Waals surface area contributed by atoms with Crippen molar-refractivity contribution in [2.75, 3.05) is 18.1 Å². The van der Waals surface area contributed by atoms with Crippen LogP contribution in [0, 0.1) is 0 Å². The molecular formula is C15H15N3O2. The van der Waals surface area contributed by atoms with Crippen molar-refractivity contribution < 1.29 is 9.53 Å². The Hall–Kier alpha value is -2.69. The molecule has 20 heavy (non-hydrogen) atoms. The molecule has 0 aliphatic carbocycles. The van der Waals surface area contributed by atoms with Gasteiger partial charge in [-0.2, -0.15) is 0 Å². The number of anilines is 1. The molecule has 2 amide bonds. The van der Waals surface area contributed by atoms with Crippen LogP contribution in [0.3, 0.4) is 0 Å². The number of ether oxygens (including phenoxy) is 1. The Morgan fingerprint density at radius 3 is 2.35 bits per heavy atom. The molecule has 1 fully saturated rings. The van der Waals surface area contributed by atoms with Gasteiger partial charge in [-0.1, -0.05) is 18.2 Å². The third kappa shape index (κ3) is 2.83. The van der Waals surface area contributed by atoms with Crippen molar-refractivity contribution in [1.82, 2.24) is 10.7 Å². The molecule has 5 nitrogen and oxygen atoms in total. The summed E-state index contributed by atoms with van der Waals surface area (Å²) in [6, 6.07) is 17.1. The van der Waals surface area contributed by atoms with E-state index in [9.17, 15) is 4.79 Å². The third-order valence-electron chi connectivity index (χ3n) is 2.98. The number of carbonyl (C=O) groups excluding carboxylic acids is 1. The summed E-state index contributed by atoms with van der Waals surface area (Å²) in [6.45, 7) is 1.36. The molecule has 1 aliphatic rings. The van der Waals surface area contributed by atoms with Crippen LogP contribution in [0.5, 0.6) is 11.5 Å². The van der Waals surface area contributed by atoms with Crippen LogP contribution >= 0.6 is 0 Å². The van der Waals surface area contributed by atoms with Crippen molar-refractivity contribution in [2.24, 2.45) is 0 Å². The van der Waals surface area contributed by atoms with Gasteiger partial charge in [0.1, 0.15) is 11.5 Å². The number of hydrogen-bond acceptors (Lipinski definition) is 3. The summed E-state index contributed by atoms with van der Waals surface area (Å²) < 4.78 is 5.72. The smallest absolute Gasteiger partial charge is 0.333 e. The fourth-order valence-corrected chi connectivity index (χ4v) is 2.01. The molecule has 2 aromatic rings. The van der Waals surface area contributed by atoms with E-state index < -0.39 is 0 Å². The number of nitrogens with zero attached hydrogens (tertiary/aromatic N) is 1. The number of urea groups is 1. The van der Waals surface area contributed by atoms with Gasteiger partial charge in [0.05, 0.1) is 12.2 Å². The van der Waals surface area contributed by atoms with E-state index >= 15 is 0 Å². The van der Waals surface area contributed by atoms with E-state index in [1.807, 2.05) is 59.6 Å². The highest BCUT2D eigenvalue weighted by Gasteiger charge is 2.14. The van der Waals surface area contributed by atoms with E-state index in [-0.39, 0.29) is 6.03 Å². The highest BCUT2D eigenvalue weighted by atomic mass is 16.5. The Morgan fingerprint density at radius 1 is 0.950 bits per heavy atom. The zero-order valence-corrected chi connectivity index (χ0v) is 10.9. The highest BCUT2D eigenvalue weighted by molar-refractivity contribution is 5.77. The Balaban J connectivity index is 1.69. The number of para-hydroxylation sites is 1. The first-order valence-corrected chi connectivity index (χ1v) is 6.46. The number of hydrazine groups is 1. The molecule has 0 radical (unpaired) electrons. The minimum atomic E-state index is -0.180. The lowest BCUT2D eigenvalue weighted by atomic mass is 10.3. The van der Waals surface area contributed by atoms with Gasteiger partial charge in [-0.15, -0.1) is 0 Å². The quantitative estimate of drug-likeness (QED) is 0.900. The van der Waals surface area contributed by atoms with Crippen molar-refractivity contribution in [3.63, 3.8) is 0 Å². The number of hydrogen-bond donors (Lipinski definition) is 2. The van der Waals surface area contributed by atoms with E-state index in [1.165, 1.54) is 0 Å². The largest absolute Gasteiger partial charge is 0.457 e. The maximum absolute atomic E-state index is 11.3. The lowest BCUT2D eigenvalue weighted by molar-refractivity contribution is 0.236. The SMILES string of the molecule is O=C1NCCN(c2ccc(Oc3ccccc3)cc2)N1. The number of carbonyl (C=O) groups is 1. The molecule has 0 unspecified atom stereocenters. The van der Waals surface area contributed by atoms with Crippen molar-refractivity contribution >= 4 is 11.7 Å². The second kappa shape index (κ2) is 5.52. The fraction of sp³-hybridized carbons (Fsp3) is 0.133. The third-order valence-corrected chi connectivity index (χ3v) is 2.98. The summed E-state index contributed by atoms with van der Waals surface area (Å²) in [5, 5.41) is 4.52. The first-order chi connectivity index (χ1) is 9.81. The molecule has 1 aliphatic heterocycles. The lowest BCUT2D eigenvalue weighted by Crippen LogP contribution is -2.56. The summed E-state index contributed by atoms with van der Waals surface area (Å²) in [6.07, 6.45) is 0. The Kier molecular flexibility index (Phi) is 3.41. The van der Waals surface area contributed by atoms with Crippen LogP contribution in [0.1, 0.15) is 0 Å².